The van der Waals surface area contributed by atoms with Crippen molar-refractivity contribution in [1.82, 2.24) is 15.5 Å². The predicted octanol–water partition coefficient (Wildman–Crippen LogP) is 2.20. The van der Waals surface area contributed by atoms with Crippen LogP contribution in [0.3, 0.4) is 0 Å². The lowest BCUT2D eigenvalue weighted by Crippen LogP contribution is -2.12. The van der Waals surface area contributed by atoms with Gasteiger partial charge in [0.15, 0.2) is 0 Å². The van der Waals surface area contributed by atoms with Crippen LogP contribution in [0.1, 0.15) is 45.0 Å². The van der Waals surface area contributed by atoms with Crippen LogP contribution in [0.5, 0.6) is 0 Å². The maximum atomic E-state index is 5.53. The molecule has 1 aliphatic rings. The van der Waals surface area contributed by atoms with Crippen molar-refractivity contribution in [2.45, 2.75) is 39.2 Å². The van der Waals surface area contributed by atoms with E-state index in [1.165, 1.54) is 19.3 Å². The number of hydrogen-bond donors (Lipinski definition) is 2. The van der Waals surface area contributed by atoms with Gasteiger partial charge in [0.1, 0.15) is 0 Å². The van der Waals surface area contributed by atoms with Gasteiger partial charge in [-0.2, -0.15) is 0 Å². The lowest BCUT2D eigenvalue weighted by atomic mass is 10.1. The Kier molecular flexibility index (Phi) is 3.99. The van der Waals surface area contributed by atoms with Gasteiger partial charge in [-0.25, -0.2) is 0 Å². The average molecular weight is 238 g/mol. The quantitative estimate of drug-likeness (QED) is 0.823. The molecule has 5 heteroatoms. The summed E-state index contributed by atoms with van der Waals surface area (Å²) in [6.45, 7) is 5.26. The van der Waals surface area contributed by atoms with E-state index >= 15 is 0 Å². The van der Waals surface area contributed by atoms with E-state index in [1.54, 1.807) is 0 Å². The Morgan fingerprint density at radius 3 is 2.88 bits per heavy atom. The summed E-state index contributed by atoms with van der Waals surface area (Å²) in [6, 6.07) is 0.645. The molecule has 0 aromatic carbocycles. The van der Waals surface area contributed by atoms with Crippen LogP contribution >= 0.6 is 0 Å². The second kappa shape index (κ2) is 5.49. The predicted molar refractivity (Wildman–Crippen MR) is 66.8 cm³/mol. The van der Waals surface area contributed by atoms with Crippen LogP contribution < -0.4 is 10.6 Å². The molecule has 17 heavy (non-hydrogen) atoms. The number of nitrogens with one attached hydrogen (secondary N) is 2. The highest BCUT2D eigenvalue weighted by Crippen LogP contribution is 2.30. The molecule has 1 aromatic rings. The van der Waals surface area contributed by atoms with Crippen molar-refractivity contribution >= 4 is 6.01 Å². The average Bonchev–Trinajstić information content (AvgIpc) is 2.94. The summed E-state index contributed by atoms with van der Waals surface area (Å²) in [5, 5.41) is 14.3. The molecule has 5 nitrogen and oxygen atoms in total. The molecule has 2 rings (SSSR count). The lowest BCUT2D eigenvalue weighted by Gasteiger charge is -2.08. The first kappa shape index (κ1) is 12.4. The van der Waals surface area contributed by atoms with Crippen LogP contribution in [0.2, 0.25) is 0 Å². The van der Waals surface area contributed by atoms with Gasteiger partial charge in [-0.15, -0.1) is 5.10 Å². The topological polar surface area (TPSA) is 63.0 Å². The van der Waals surface area contributed by atoms with Crippen LogP contribution in [-0.2, 0) is 0 Å². The lowest BCUT2D eigenvalue weighted by molar-refractivity contribution is 0.437. The molecule has 0 spiro atoms. The highest BCUT2D eigenvalue weighted by molar-refractivity contribution is 5.17. The zero-order valence-electron chi connectivity index (χ0n) is 10.9. The minimum Gasteiger partial charge on any atom is -0.406 e. The molecule has 2 N–H and O–H groups in total. The highest BCUT2D eigenvalue weighted by Gasteiger charge is 2.21. The van der Waals surface area contributed by atoms with E-state index in [0.717, 1.165) is 18.4 Å². The Labute approximate surface area is 102 Å². The van der Waals surface area contributed by atoms with E-state index < -0.39 is 0 Å². The summed E-state index contributed by atoms with van der Waals surface area (Å²) in [5.74, 6) is 2.25. The Bertz CT molecular complexity index is 352. The maximum Gasteiger partial charge on any atom is 0.315 e. The van der Waals surface area contributed by atoms with Crippen molar-refractivity contribution in [3.63, 3.8) is 0 Å². The summed E-state index contributed by atoms with van der Waals surface area (Å²) in [4.78, 5) is 0. The Balaban J connectivity index is 1.81. The molecule has 0 radical (unpaired) electrons. The van der Waals surface area contributed by atoms with Crippen molar-refractivity contribution in [2.24, 2.45) is 11.8 Å². The minimum absolute atomic E-state index is 0.101. The number of anilines is 1. The molecule has 1 saturated carbocycles. The fourth-order valence-corrected chi connectivity index (χ4v) is 2.35. The molecule has 0 bridgehead atoms. The monoisotopic (exact) mass is 238 g/mol. The van der Waals surface area contributed by atoms with E-state index in [0.29, 0.717) is 11.9 Å². The molecule has 0 amide bonds. The summed E-state index contributed by atoms with van der Waals surface area (Å²) in [5.41, 5.74) is 0. The van der Waals surface area contributed by atoms with E-state index in [9.17, 15) is 0 Å². The van der Waals surface area contributed by atoms with Gasteiger partial charge in [-0.1, -0.05) is 18.4 Å². The molecule has 0 saturated heterocycles. The van der Waals surface area contributed by atoms with E-state index in [2.05, 4.69) is 27.8 Å². The van der Waals surface area contributed by atoms with Crippen LogP contribution in [-0.4, -0.2) is 23.8 Å². The molecule has 1 aromatic heterocycles. The van der Waals surface area contributed by atoms with Crippen molar-refractivity contribution in [2.75, 3.05) is 18.9 Å². The first-order valence-corrected chi connectivity index (χ1v) is 6.43. The van der Waals surface area contributed by atoms with Gasteiger partial charge in [-0.3, -0.25) is 0 Å². The number of hydrogen-bond acceptors (Lipinski definition) is 5. The van der Waals surface area contributed by atoms with Gasteiger partial charge in [-0.05, 0) is 38.6 Å². The molecule has 1 heterocycles. The molecular weight excluding hydrogens is 216 g/mol. The van der Waals surface area contributed by atoms with Crippen LogP contribution in [0.25, 0.3) is 0 Å². The number of aromatic nitrogens is 2. The van der Waals surface area contributed by atoms with E-state index in [-0.39, 0.29) is 6.04 Å². The normalized spacial score (nSPS) is 26.1. The van der Waals surface area contributed by atoms with Crippen molar-refractivity contribution in [3.8, 4) is 0 Å². The third-order valence-corrected chi connectivity index (χ3v) is 3.59. The molecular formula is C12H22N4O. The fraction of sp³-hybridized carbons (Fsp3) is 0.833. The second-order valence-corrected chi connectivity index (χ2v) is 5.12. The minimum atomic E-state index is 0.101. The van der Waals surface area contributed by atoms with Crippen LogP contribution in [0, 0.1) is 11.8 Å². The third-order valence-electron chi connectivity index (χ3n) is 3.59. The third kappa shape index (κ3) is 3.19. The Morgan fingerprint density at radius 1 is 1.41 bits per heavy atom. The largest absolute Gasteiger partial charge is 0.406 e. The van der Waals surface area contributed by atoms with Crippen molar-refractivity contribution in [1.29, 1.82) is 0 Å². The zero-order chi connectivity index (χ0) is 12.3. The second-order valence-electron chi connectivity index (χ2n) is 5.12. The van der Waals surface area contributed by atoms with Gasteiger partial charge in [0.2, 0.25) is 5.89 Å². The van der Waals surface area contributed by atoms with Gasteiger partial charge >= 0.3 is 6.01 Å². The zero-order valence-corrected chi connectivity index (χ0v) is 10.9. The molecule has 0 aliphatic heterocycles. The fourth-order valence-electron chi connectivity index (χ4n) is 2.35. The van der Waals surface area contributed by atoms with Gasteiger partial charge in [0.25, 0.3) is 0 Å². The summed E-state index contributed by atoms with van der Waals surface area (Å²) < 4.78 is 5.53. The summed E-state index contributed by atoms with van der Waals surface area (Å²) >= 11 is 0. The van der Waals surface area contributed by atoms with Crippen molar-refractivity contribution < 1.29 is 4.42 Å². The Morgan fingerprint density at radius 2 is 2.24 bits per heavy atom. The maximum absolute atomic E-state index is 5.53. The summed E-state index contributed by atoms with van der Waals surface area (Å²) in [6.07, 6.45) is 3.96. The number of nitrogens with zero attached hydrogens (tertiary/aromatic N) is 2. The van der Waals surface area contributed by atoms with E-state index in [1.807, 2.05) is 14.0 Å². The highest BCUT2D eigenvalue weighted by atomic mass is 16.4. The smallest absolute Gasteiger partial charge is 0.315 e. The van der Waals surface area contributed by atoms with Crippen LogP contribution in [0.4, 0.5) is 6.01 Å². The van der Waals surface area contributed by atoms with Crippen LogP contribution in [0.15, 0.2) is 4.42 Å². The molecule has 1 aliphatic carbocycles. The van der Waals surface area contributed by atoms with Gasteiger partial charge in [0.05, 0.1) is 6.04 Å². The summed E-state index contributed by atoms with van der Waals surface area (Å²) in [7, 11) is 1.88. The van der Waals surface area contributed by atoms with Gasteiger partial charge in [0, 0.05) is 6.54 Å². The molecule has 96 valence electrons. The molecule has 3 atom stereocenters. The number of rotatable bonds is 5. The molecule has 3 unspecified atom stereocenters. The SMILES string of the molecule is CNC(C)c1nnc(NCC2CCC(C)C2)o1. The first-order valence-electron chi connectivity index (χ1n) is 6.43. The first-order chi connectivity index (χ1) is 8.19. The standard InChI is InChI=1S/C12H22N4O/c1-8-4-5-10(6-8)7-14-12-16-15-11(17-12)9(2)13-3/h8-10,13H,4-7H2,1-3H3,(H,14,16). The van der Waals surface area contributed by atoms with Gasteiger partial charge < -0.3 is 15.1 Å². The van der Waals surface area contributed by atoms with Crippen molar-refractivity contribution in [3.05, 3.63) is 5.89 Å². The molecule has 1 fully saturated rings. The Hall–Kier alpha value is -1.10. The van der Waals surface area contributed by atoms with E-state index in [4.69, 9.17) is 4.42 Å².